The minimum atomic E-state index is -0.287. The minimum Gasteiger partial charge on any atom is -0.493 e. The maximum atomic E-state index is 11.9. The summed E-state index contributed by atoms with van der Waals surface area (Å²) in [5.41, 5.74) is 3.78. The second-order valence-electron chi connectivity index (χ2n) is 4.47. The first-order valence-electron chi connectivity index (χ1n) is 6.86. The van der Waals surface area contributed by atoms with Crippen molar-refractivity contribution in [2.24, 2.45) is 5.10 Å². The molecule has 2 aromatic rings. The lowest BCUT2D eigenvalue weighted by atomic mass is 10.2. The molecule has 0 radical (unpaired) electrons. The largest absolute Gasteiger partial charge is 0.493 e. The van der Waals surface area contributed by atoms with Crippen LogP contribution in [0.15, 0.2) is 52.3 Å². The van der Waals surface area contributed by atoms with E-state index in [-0.39, 0.29) is 5.91 Å². The first-order chi connectivity index (χ1) is 10.7. The van der Waals surface area contributed by atoms with Crippen LogP contribution < -0.4 is 10.2 Å². The van der Waals surface area contributed by atoms with E-state index in [0.29, 0.717) is 12.2 Å². The summed E-state index contributed by atoms with van der Waals surface area (Å²) in [6.45, 7) is 2.67. The van der Waals surface area contributed by atoms with Crippen molar-refractivity contribution in [3.8, 4) is 5.75 Å². The fraction of sp³-hybridized carbons (Fsp3) is 0.188. The molecule has 1 N–H and O–H groups in total. The zero-order valence-corrected chi connectivity index (χ0v) is 13.7. The van der Waals surface area contributed by atoms with Crippen molar-refractivity contribution < 1.29 is 9.53 Å². The zero-order chi connectivity index (χ0) is 15.8. The molecule has 0 aliphatic rings. The van der Waals surface area contributed by atoms with Gasteiger partial charge in [0.1, 0.15) is 5.75 Å². The Balaban J connectivity index is 2.06. The van der Waals surface area contributed by atoms with E-state index in [1.807, 2.05) is 25.1 Å². The van der Waals surface area contributed by atoms with E-state index in [1.54, 1.807) is 30.7 Å². The molecule has 2 rings (SSSR count). The van der Waals surface area contributed by atoms with Crippen molar-refractivity contribution in [2.75, 3.05) is 6.61 Å². The number of hydrogen-bond acceptors (Lipinski definition) is 4. The molecule has 0 spiro atoms. The monoisotopic (exact) mass is 361 g/mol. The second-order valence-corrected chi connectivity index (χ2v) is 5.38. The molecule has 0 saturated carbocycles. The molecule has 6 heteroatoms. The molecule has 0 unspecified atom stereocenters. The van der Waals surface area contributed by atoms with Gasteiger partial charge >= 0.3 is 0 Å². The average molecular weight is 362 g/mol. The van der Waals surface area contributed by atoms with Crippen LogP contribution in [0.5, 0.6) is 5.75 Å². The van der Waals surface area contributed by atoms with E-state index in [1.165, 1.54) is 0 Å². The van der Waals surface area contributed by atoms with Gasteiger partial charge in [0.05, 0.1) is 12.8 Å². The number of nitrogens with one attached hydrogen (secondary N) is 1. The van der Waals surface area contributed by atoms with E-state index in [2.05, 4.69) is 31.4 Å². The van der Waals surface area contributed by atoms with Gasteiger partial charge in [-0.1, -0.05) is 22.9 Å². The molecule has 0 aliphatic heterocycles. The molecule has 1 heterocycles. The van der Waals surface area contributed by atoms with Gasteiger partial charge in [0.2, 0.25) is 0 Å². The summed E-state index contributed by atoms with van der Waals surface area (Å²) in [5, 5.41) is 3.98. The van der Waals surface area contributed by atoms with Crippen LogP contribution in [-0.2, 0) is 0 Å². The smallest absolute Gasteiger partial charge is 0.271 e. The molecule has 0 saturated heterocycles. The highest BCUT2D eigenvalue weighted by molar-refractivity contribution is 9.10. The van der Waals surface area contributed by atoms with E-state index in [4.69, 9.17) is 4.74 Å². The lowest BCUT2D eigenvalue weighted by Gasteiger charge is -2.08. The van der Waals surface area contributed by atoms with Crippen LogP contribution in [0.3, 0.4) is 0 Å². The molecule has 22 heavy (non-hydrogen) atoms. The van der Waals surface area contributed by atoms with Gasteiger partial charge in [0, 0.05) is 28.0 Å². The number of carbonyl (C=O) groups is 1. The van der Waals surface area contributed by atoms with E-state index < -0.39 is 0 Å². The Morgan fingerprint density at radius 1 is 1.36 bits per heavy atom. The number of benzene rings is 1. The predicted octanol–water partition coefficient (Wildman–Crippen LogP) is 3.40. The lowest BCUT2D eigenvalue weighted by Crippen LogP contribution is -2.17. The van der Waals surface area contributed by atoms with Gasteiger partial charge in [-0.05, 0) is 36.8 Å². The van der Waals surface area contributed by atoms with Gasteiger partial charge in [0.25, 0.3) is 5.91 Å². The molecule has 0 bridgehead atoms. The zero-order valence-electron chi connectivity index (χ0n) is 12.1. The Kier molecular flexibility index (Phi) is 6.09. The Hall–Kier alpha value is -2.21. The third-order valence-corrected chi connectivity index (χ3v) is 3.24. The Labute approximate surface area is 137 Å². The molecule has 0 atom stereocenters. The molecule has 1 amide bonds. The molecule has 0 fully saturated rings. The van der Waals surface area contributed by atoms with Gasteiger partial charge in [-0.25, -0.2) is 5.43 Å². The number of ether oxygens (including phenoxy) is 1. The van der Waals surface area contributed by atoms with E-state index in [0.717, 1.165) is 22.2 Å². The number of hydrogen-bond donors (Lipinski definition) is 1. The standard InChI is InChI=1S/C16H16BrN3O2/c1-2-9-22-15-4-3-14(17)10-13(15)11-19-20-16(21)12-5-7-18-8-6-12/h3-8,10-11H,2,9H2,1H3,(H,20,21)/b19-11+. The highest BCUT2D eigenvalue weighted by Gasteiger charge is 2.04. The predicted molar refractivity (Wildman–Crippen MR) is 89.2 cm³/mol. The molecular weight excluding hydrogens is 346 g/mol. The minimum absolute atomic E-state index is 0.287. The number of nitrogens with zero attached hydrogens (tertiary/aromatic N) is 2. The fourth-order valence-corrected chi connectivity index (χ4v) is 2.07. The Bertz CT molecular complexity index is 660. The SMILES string of the molecule is CCCOc1ccc(Br)cc1/C=N/NC(=O)c1ccncc1. The molecule has 114 valence electrons. The van der Waals surface area contributed by atoms with Crippen LogP contribution in [0.1, 0.15) is 29.3 Å². The number of aromatic nitrogens is 1. The highest BCUT2D eigenvalue weighted by atomic mass is 79.9. The summed E-state index contributed by atoms with van der Waals surface area (Å²) in [7, 11) is 0. The van der Waals surface area contributed by atoms with Gasteiger partial charge in [-0.3, -0.25) is 9.78 Å². The first kappa shape index (κ1) is 16.2. The molecule has 1 aromatic heterocycles. The number of hydrazone groups is 1. The topological polar surface area (TPSA) is 63.6 Å². The van der Waals surface area contributed by atoms with Crippen molar-refractivity contribution >= 4 is 28.1 Å². The van der Waals surface area contributed by atoms with Gasteiger partial charge in [-0.2, -0.15) is 5.10 Å². The maximum Gasteiger partial charge on any atom is 0.271 e. The lowest BCUT2D eigenvalue weighted by molar-refractivity contribution is 0.0955. The molecule has 1 aromatic carbocycles. The van der Waals surface area contributed by atoms with Crippen LogP contribution >= 0.6 is 15.9 Å². The number of pyridine rings is 1. The van der Waals surface area contributed by atoms with Crippen LogP contribution in [0, 0.1) is 0 Å². The summed E-state index contributed by atoms with van der Waals surface area (Å²) < 4.78 is 6.57. The summed E-state index contributed by atoms with van der Waals surface area (Å²) in [5.74, 6) is 0.441. The molecule has 5 nitrogen and oxygen atoms in total. The summed E-state index contributed by atoms with van der Waals surface area (Å²) in [4.78, 5) is 15.7. The van der Waals surface area contributed by atoms with Crippen molar-refractivity contribution in [1.29, 1.82) is 0 Å². The van der Waals surface area contributed by atoms with Gasteiger partial charge in [-0.15, -0.1) is 0 Å². The normalized spacial score (nSPS) is 10.6. The molecule has 0 aliphatic carbocycles. The van der Waals surface area contributed by atoms with Gasteiger partial charge in [0.15, 0.2) is 0 Å². The van der Waals surface area contributed by atoms with Crippen molar-refractivity contribution in [3.63, 3.8) is 0 Å². The second kappa shape index (κ2) is 8.29. The van der Waals surface area contributed by atoms with Crippen molar-refractivity contribution in [2.45, 2.75) is 13.3 Å². The van der Waals surface area contributed by atoms with Crippen LogP contribution in [0.25, 0.3) is 0 Å². The third-order valence-electron chi connectivity index (χ3n) is 2.75. The van der Waals surface area contributed by atoms with Crippen molar-refractivity contribution in [1.82, 2.24) is 10.4 Å². The van der Waals surface area contributed by atoms with Gasteiger partial charge < -0.3 is 4.74 Å². The Morgan fingerprint density at radius 3 is 2.86 bits per heavy atom. The number of carbonyl (C=O) groups excluding carboxylic acids is 1. The quantitative estimate of drug-likeness (QED) is 0.633. The summed E-state index contributed by atoms with van der Waals surface area (Å²) >= 11 is 3.41. The van der Waals surface area contributed by atoms with Crippen LogP contribution in [0.4, 0.5) is 0 Å². The fourth-order valence-electron chi connectivity index (χ4n) is 1.69. The number of amides is 1. The highest BCUT2D eigenvalue weighted by Crippen LogP contribution is 2.21. The van der Waals surface area contributed by atoms with Crippen LogP contribution in [-0.4, -0.2) is 23.7 Å². The van der Waals surface area contributed by atoms with Crippen molar-refractivity contribution in [3.05, 3.63) is 58.3 Å². The maximum absolute atomic E-state index is 11.9. The third kappa shape index (κ3) is 4.66. The van der Waals surface area contributed by atoms with Crippen LogP contribution in [0.2, 0.25) is 0 Å². The summed E-state index contributed by atoms with van der Waals surface area (Å²) in [6, 6.07) is 8.90. The Morgan fingerprint density at radius 2 is 2.14 bits per heavy atom. The number of halogens is 1. The summed E-state index contributed by atoms with van der Waals surface area (Å²) in [6.07, 6.45) is 5.60. The number of rotatable bonds is 6. The molecular formula is C16H16BrN3O2. The first-order valence-corrected chi connectivity index (χ1v) is 7.65. The van der Waals surface area contributed by atoms with E-state index in [9.17, 15) is 4.79 Å². The average Bonchev–Trinajstić information content (AvgIpc) is 2.55. The van der Waals surface area contributed by atoms with E-state index >= 15 is 0 Å².